The number of halogens is 7. The predicted molar refractivity (Wildman–Crippen MR) is 129 cm³/mol. The van der Waals surface area contributed by atoms with E-state index in [1.807, 2.05) is 5.32 Å². The molecule has 0 aliphatic rings. The normalized spacial score (nSPS) is 11.9. The molecule has 6 radical (unpaired) electrons. The molecule has 1 N–H and O–H groups in total. The fraction of sp³-hybridized carbons (Fsp3) is 0.174. The number of rotatable bonds is 8. The van der Waals surface area contributed by atoms with Gasteiger partial charge in [-0.15, -0.1) is 13.2 Å². The topological polar surface area (TPSA) is 96.0 Å². The lowest BCUT2D eigenvalue weighted by molar-refractivity contribution is -0.274. The van der Waals surface area contributed by atoms with E-state index in [1.165, 1.54) is 12.1 Å². The van der Waals surface area contributed by atoms with Crippen molar-refractivity contribution in [2.24, 2.45) is 0 Å². The summed E-state index contributed by atoms with van der Waals surface area (Å²) in [7, 11) is 17.0. The number of pyridine rings is 1. The Hall–Kier alpha value is -4.37. The van der Waals surface area contributed by atoms with Gasteiger partial charge in [-0.2, -0.15) is 13.2 Å². The number of methoxy groups -OCH3 is 1. The van der Waals surface area contributed by atoms with E-state index in [1.54, 1.807) is 0 Å². The Bertz CT molecular complexity index is 1460. The molecule has 2 aromatic carbocycles. The second-order valence-electron chi connectivity index (χ2n) is 7.87. The van der Waals surface area contributed by atoms with Crippen LogP contribution in [-0.4, -0.2) is 59.2 Å². The van der Waals surface area contributed by atoms with Crippen molar-refractivity contribution < 1.29 is 59.3 Å². The molecule has 0 saturated carbocycles. The largest absolute Gasteiger partial charge is 0.573 e. The van der Waals surface area contributed by atoms with Crippen molar-refractivity contribution in [1.29, 1.82) is 0 Å². The van der Waals surface area contributed by atoms with E-state index >= 15 is 4.39 Å². The highest BCUT2D eigenvalue weighted by Gasteiger charge is 2.38. The molecule has 0 spiro atoms. The van der Waals surface area contributed by atoms with Gasteiger partial charge < -0.3 is 24.3 Å². The van der Waals surface area contributed by atoms with E-state index in [-0.39, 0.29) is 11.8 Å². The molecule has 0 saturated heterocycles. The molecule has 0 bridgehead atoms. The SMILES string of the molecule is [B]C([B])([B])Oc1cc(OC(F)(F)F)ccc1Oc1ccc(C(F)(F)F)c(F)c1C(=O)Nc1cccc(C(=O)OC)n1. The van der Waals surface area contributed by atoms with Crippen LogP contribution in [0.4, 0.5) is 36.6 Å². The van der Waals surface area contributed by atoms with Crippen LogP contribution < -0.4 is 19.5 Å². The van der Waals surface area contributed by atoms with Crippen molar-refractivity contribution in [3.8, 4) is 23.0 Å². The first-order valence-corrected chi connectivity index (χ1v) is 10.8. The Labute approximate surface area is 230 Å². The zero-order valence-corrected chi connectivity index (χ0v) is 20.4. The fourth-order valence-electron chi connectivity index (χ4n) is 3.13. The smallest absolute Gasteiger partial charge is 0.512 e. The fourth-order valence-corrected chi connectivity index (χ4v) is 3.13. The van der Waals surface area contributed by atoms with Gasteiger partial charge >= 0.3 is 18.5 Å². The molecule has 1 amide bonds. The van der Waals surface area contributed by atoms with Gasteiger partial charge in [0.1, 0.15) is 46.4 Å². The summed E-state index contributed by atoms with van der Waals surface area (Å²) in [5, 5.41) is -0.487. The first-order chi connectivity index (χ1) is 18.9. The number of alkyl halides is 6. The molecule has 0 fully saturated rings. The van der Waals surface area contributed by atoms with E-state index in [9.17, 15) is 35.9 Å². The zero-order chi connectivity index (χ0) is 30.8. The highest BCUT2D eigenvalue weighted by Crippen LogP contribution is 2.41. The van der Waals surface area contributed by atoms with Gasteiger partial charge in [0.15, 0.2) is 23.0 Å². The number of aromatic nitrogens is 1. The first-order valence-electron chi connectivity index (χ1n) is 10.8. The van der Waals surface area contributed by atoms with Crippen LogP contribution in [0.3, 0.4) is 0 Å². The summed E-state index contributed by atoms with van der Waals surface area (Å²) in [4.78, 5) is 28.5. The Morgan fingerprint density at radius 3 is 2.12 bits per heavy atom. The van der Waals surface area contributed by atoms with E-state index in [2.05, 4.69) is 14.5 Å². The van der Waals surface area contributed by atoms with Crippen molar-refractivity contribution in [2.45, 2.75) is 17.8 Å². The van der Waals surface area contributed by atoms with Crippen LogP contribution in [0.5, 0.6) is 23.0 Å². The summed E-state index contributed by atoms with van der Waals surface area (Å²) in [6.07, 6.45) is -10.4. The number of nitrogens with one attached hydrogen (secondary N) is 1. The molecular weight excluding hydrogens is 566 g/mol. The van der Waals surface area contributed by atoms with Crippen LogP contribution in [0.15, 0.2) is 48.5 Å². The molecule has 1 heterocycles. The van der Waals surface area contributed by atoms with Gasteiger partial charge in [-0.25, -0.2) is 14.2 Å². The molecule has 3 rings (SSSR count). The summed E-state index contributed by atoms with van der Waals surface area (Å²) in [5.74, 6) is -8.03. The molecule has 3 aromatic rings. The van der Waals surface area contributed by atoms with E-state index in [0.29, 0.717) is 18.2 Å². The maximum absolute atomic E-state index is 15.2. The molecule has 18 heteroatoms. The average molecular weight is 578 g/mol. The maximum atomic E-state index is 15.2. The highest BCUT2D eigenvalue weighted by atomic mass is 19.4. The number of esters is 1. The third kappa shape index (κ3) is 8.31. The molecule has 0 aliphatic carbocycles. The number of nitrogens with zero attached hydrogens (tertiary/aromatic N) is 1. The Kier molecular flexibility index (Phi) is 8.84. The standard InChI is InChI=1S/C23H12B3F7N2O6/c1-38-20(37)12-3-2-4-16(34-12)35-19(36)17-14(8-6-11(18(17)27)21(28,29)30)39-13-7-5-10(40-23(31,32)33)9-15(13)41-22(24,25)26/h2-9H,1H3,(H,34,35,36). The lowest BCUT2D eigenvalue weighted by Crippen LogP contribution is -2.37. The lowest BCUT2D eigenvalue weighted by Gasteiger charge is -2.25. The van der Waals surface area contributed by atoms with E-state index in [4.69, 9.17) is 33.0 Å². The van der Waals surface area contributed by atoms with Crippen molar-refractivity contribution >= 4 is 41.2 Å². The summed E-state index contributed by atoms with van der Waals surface area (Å²) in [6.45, 7) is 0. The van der Waals surface area contributed by atoms with Crippen LogP contribution in [0.25, 0.3) is 0 Å². The van der Waals surface area contributed by atoms with Gasteiger partial charge in [0.2, 0.25) is 0 Å². The third-order valence-corrected chi connectivity index (χ3v) is 4.68. The third-order valence-electron chi connectivity index (χ3n) is 4.68. The first kappa shape index (κ1) is 31.2. The molecule has 0 unspecified atom stereocenters. The minimum absolute atomic E-state index is 0.248. The zero-order valence-electron chi connectivity index (χ0n) is 20.4. The minimum Gasteiger partial charge on any atom is -0.512 e. The number of carbonyl (C=O) groups excluding carboxylic acids is 2. The quantitative estimate of drug-likeness (QED) is 0.240. The van der Waals surface area contributed by atoms with Crippen LogP contribution in [0, 0.1) is 5.82 Å². The van der Waals surface area contributed by atoms with Gasteiger partial charge in [-0.05, 0) is 41.7 Å². The Morgan fingerprint density at radius 2 is 1.54 bits per heavy atom. The van der Waals surface area contributed by atoms with Crippen molar-refractivity contribution in [3.05, 3.63) is 71.2 Å². The number of hydrogen-bond donors (Lipinski definition) is 1. The summed E-state index contributed by atoms with van der Waals surface area (Å²) < 4.78 is 112. The number of hydrogen-bond acceptors (Lipinski definition) is 7. The summed E-state index contributed by atoms with van der Waals surface area (Å²) in [5.41, 5.74) is -3.48. The lowest BCUT2D eigenvalue weighted by atomic mass is 9.52. The Balaban J connectivity index is 2.10. The van der Waals surface area contributed by atoms with Gasteiger partial charge in [0.25, 0.3) is 5.91 Å². The second-order valence-corrected chi connectivity index (χ2v) is 7.87. The summed E-state index contributed by atoms with van der Waals surface area (Å²) in [6, 6.07) is 6.40. The maximum Gasteiger partial charge on any atom is 0.573 e. The number of benzene rings is 2. The molecule has 0 atom stereocenters. The second kappa shape index (κ2) is 11.6. The number of ether oxygens (including phenoxy) is 4. The molecule has 8 nitrogen and oxygen atoms in total. The van der Waals surface area contributed by atoms with Crippen molar-refractivity contribution in [3.63, 3.8) is 0 Å². The highest BCUT2D eigenvalue weighted by molar-refractivity contribution is 6.58. The van der Waals surface area contributed by atoms with Gasteiger partial charge in [0, 0.05) is 6.07 Å². The van der Waals surface area contributed by atoms with E-state index in [0.717, 1.165) is 19.2 Å². The number of carbonyl (C=O) groups is 2. The van der Waals surface area contributed by atoms with Crippen molar-refractivity contribution in [2.75, 3.05) is 12.4 Å². The van der Waals surface area contributed by atoms with E-state index < -0.39 is 75.5 Å². The van der Waals surface area contributed by atoms with Crippen LogP contribution >= 0.6 is 0 Å². The number of amides is 1. The monoisotopic (exact) mass is 578 g/mol. The Morgan fingerprint density at radius 1 is 0.878 bits per heavy atom. The minimum atomic E-state index is -5.26. The molecule has 1 aromatic heterocycles. The average Bonchev–Trinajstić information content (AvgIpc) is 2.82. The number of anilines is 1. The van der Waals surface area contributed by atoms with Crippen molar-refractivity contribution in [1.82, 2.24) is 4.98 Å². The predicted octanol–water partition coefficient (Wildman–Crippen LogP) is 4.46. The van der Waals surface area contributed by atoms with Crippen LogP contribution in [0.2, 0.25) is 0 Å². The van der Waals surface area contributed by atoms with Gasteiger partial charge in [-0.1, -0.05) is 6.07 Å². The van der Waals surface area contributed by atoms with Crippen LogP contribution in [-0.2, 0) is 10.9 Å². The summed E-state index contributed by atoms with van der Waals surface area (Å²) >= 11 is 0. The van der Waals surface area contributed by atoms with Crippen LogP contribution in [0.1, 0.15) is 26.4 Å². The molecule has 0 aliphatic heterocycles. The molecule has 41 heavy (non-hydrogen) atoms. The molecule has 208 valence electrons. The molecular formula is C23H12B3F7N2O6. The van der Waals surface area contributed by atoms with Gasteiger partial charge in [0.05, 0.1) is 12.7 Å². The van der Waals surface area contributed by atoms with Gasteiger partial charge in [-0.3, -0.25) is 4.79 Å².